The fraction of sp³-hybridized carbons (Fsp3) is 0.474. The summed E-state index contributed by atoms with van der Waals surface area (Å²) in [4.78, 5) is 22.3. The zero-order valence-electron chi connectivity index (χ0n) is 15.6. The van der Waals surface area contributed by atoms with Crippen LogP contribution in [0.15, 0.2) is 30.5 Å². The molecule has 0 aliphatic carbocycles. The molecule has 0 radical (unpaired) electrons. The van der Waals surface area contributed by atoms with Crippen LogP contribution in [0.25, 0.3) is 11.3 Å². The summed E-state index contributed by atoms with van der Waals surface area (Å²) < 4.78 is 5.47. The number of aromatic nitrogens is 1. The monoisotopic (exact) mass is 374 g/mol. The molecule has 0 unspecified atom stereocenters. The smallest absolute Gasteiger partial charge is 0.261 e. The molecule has 1 aliphatic heterocycles. The van der Waals surface area contributed by atoms with E-state index in [0.29, 0.717) is 13.2 Å². The summed E-state index contributed by atoms with van der Waals surface area (Å²) in [6, 6.07) is 7.92. The standard InChI is InChI=1S/C19H26N4O2S/c1-14(13-22(2)3)21-18(24)17-12-15(16-6-4-5-7-20-16)19(26-17)23-8-10-25-11-9-23/h4-7,12,14H,8-11,13H2,1-3H3,(H,21,24)/t14-/m1/s1. The molecule has 6 nitrogen and oxygen atoms in total. The fourth-order valence-electron chi connectivity index (χ4n) is 3.09. The third-order valence-electron chi connectivity index (χ3n) is 4.19. The van der Waals surface area contributed by atoms with Crippen LogP contribution in [-0.2, 0) is 4.74 Å². The molecule has 0 bridgehead atoms. The van der Waals surface area contributed by atoms with Gasteiger partial charge in [0.15, 0.2) is 0 Å². The van der Waals surface area contributed by atoms with E-state index in [4.69, 9.17) is 4.74 Å². The molecule has 1 N–H and O–H groups in total. The van der Waals surface area contributed by atoms with Crippen LogP contribution < -0.4 is 10.2 Å². The molecule has 3 heterocycles. The quantitative estimate of drug-likeness (QED) is 0.841. The van der Waals surface area contributed by atoms with Gasteiger partial charge in [-0.25, -0.2) is 0 Å². The minimum atomic E-state index is -0.0268. The molecule has 2 aromatic heterocycles. The Hall–Kier alpha value is -1.96. The minimum absolute atomic E-state index is 0.0268. The molecule has 1 saturated heterocycles. The summed E-state index contributed by atoms with van der Waals surface area (Å²) >= 11 is 1.53. The maximum absolute atomic E-state index is 12.7. The third kappa shape index (κ3) is 4.60. The largest absolute Gasteiger partial charge is 0.378 e. The van der Waals surface area contributed by atoms with Crippen molar-refractivity contribution in [3.63, 3.8) is 0 Å². The molecule has 140 valence electrons. The molecule has 0 aromatic carbocycles. The first-order valence-corrected chi connectivity index (χ1v) is 9.70. The van der Waals surface area contributed by atoms with Gasteiger partial charge >= 0.3 is 0 Å². The van der Waals surface area contributed by atoms with Crippen LogP contribution >= 0.6 is 11.3 Å². The van der Waals surface area contributed by atoms with Crippen molar-refractivity contribution < 1.29 is 9.53 Å². The number of anilines is 1. The molecular weight excluding hydrogens is 348 g/mol. The van der Waals surface area contributed by atoms with E-state index in [0.717, 1.165) is 40.8 Å². The number of thiophene rings is 1. The van der Waals surface area contributed by atoms with Crippen molar-refractivity contribution in [3.05, 3.63) is 35.3 Å². The average molecular weight is 375 g/mol. The average Bonchev–Trinajstić information content (AvgIpc) is 3.08. The highest BCUT2D eigenvalue weighted by Crippen LogP contribution is 2.38. The topological polar surface area (TPSA) is 57.7 Å². The number of carbonyl (C=O) groups excluding carboxylic acids is 1. The summed E-state index contributed by atoms with van der Waals surface area (Å²) in [7, 11) is 4.01. The molecule has 0 spiro atoms. The van der Waals surface area contributed by atoms with Gasteiger partial charge in [-0.2, -0.15) is 0 Å². The highest BCUT2D eigenvalue weighted by Gasteiger charge is 2.23. The predicted octanol–water partition coefficient (Wildman–Crippen LogP) is 2.33. The van der Waals surface area contributed by atoms with Crippen molar-refractivity contribution in [2.45, 2.75) is 13.0 Å². The van der Waals surface area contributed by atoms with E-state index < -0.39 is 0 Å². The van der Waals surface area contributed by atoms with Gasteiger partial charge in [-0.15, -0.1) is 11.3 Å². The Morgan fingerprint density at radius 1 is 1.38 bits per heavy atom. The summed E-state index contributed by atoms with van der Waals surface area (Å²) in [6.07, 6.45) is 1.79. The van der Waals surface area contributed by atoms with Gasteiger partial charge in [-0.3, -0.25) is 9.78 Å². The number of rotatable bonds is 6. The van der Waals surface area contributed by atoms with Crippen molar-refractivity contribution in [1.82, 2.24) is 15.2 Å². The Bertz CT molecular complexity index is 726. The molecule has 1 atom stereocenters. The van der Waals surface area contributed by atoms with Gasteiger partial charge in [0.2, 0.25) is 0 Å². The van der Waals surface area contributed by atoms with Crippen LogP contribution in [-0.4, -0.2) is 68.8 Å². The maximum atomic E-state index is 12.7. The molecule has 1 aliphatic rings. The first-order chi connectivity index (χ1) is 12.5. The van der Waals surface area contributed by atoms with Gasteiger partial charge in [0.05, 0.1) is 23.8 Å². The maximum Gasteiger partial charge on any atom is 0.261 e. The molecule has 0 saturated carbocycles. The number of likely N-dealkylation sites (N-methyl/N-ethyl adjacent to an activating group) is 1. The number of morpholine rings is 1. The van der Waals surface area contributed by atoms with E-state index in [9.17, 15) is 4.79 Å². The summed E-state index contributed by atoms with van der Waals surface area (Å²) in [5.41, 5.74) is 1.91. The third-order valence-corrected chi connectivity index (χ3v) is 5.39. The molecular formula is C19H26N4O2S. The molecule has 7 heteroatoms. The van der Waals surface area contributed by atoms with Gasteiger partial charge < -0.3 is 19.9 Å². The van der Waals surface area contributed by atoms with E-state index in [1.165, 1.54) is 11.3 Å². The van der Waals surface area contributed by atoms with Crippen molar-refractivity contribution in [3.8, 4) is 11.3 Å². The second-order valence-electron chi connectivity index (χ2n) is 6.78. The normalized spacial score (nSPS) is 15.9. The zero-order valence-corrected chi connectivity index (χ0v) is 16.4. The number of hydrogen-bond acceptors (Lipinski definition) is 6. The second-order valence-corrected chi connectivity index (χ2v) is 7.81. The summed E-state index contributed by atoms with van der Waals surface area (Å²) in [5.74, 6) is -0.0268. The van der Waals surface area contributed by atoms with Gasteiger partial charge in [0, 0.05) is 37.4 Å². The van der Waals surface area contributed by atoms with Crippen LogP contribution in [0, 0.1) is 0 Å². The van der Waals surface area contributed by atoms with E-state index in [-0.39, 0.29) is 11.9 Å². The Balaban J connectivity index is 1.87. The van der Waals surface area contributed by atoms with E-state index in [2.05, 4.69) is 20.1 Å². The highest BCUT2D eigenvalue weighted by molar-refractivity contribution is 7.18. The molecule has 1 amide bonds. The van der Waals surface area contributed by atoms with Crippen LogP contribution in [0.5, 0.6) is 0 Å². The van der Waals surface area contributed by atoms with Crippen molar-refractivity contribution >= 4 is 22.2 Å². The highest BCUT2D eigenvalue weighted by atomic mass is 32.1. The lowest BCUT2D eigenvalue weighted by atomic mass is 10.1. The minimum Gasteiger partial charge on any atom is -0.378 e. The molecule has 2 aromatic rings. The van der Waals surface area contributed by atoms with Crippen LogP contribution in [0.3, 0.4) is 0 Å². The lowest BCUT2D eigenvalue weighted by Gasteiger charge is -2.28. The number of amides is 1. The SMILES string of the molecule is C[C@H](CN(C)C)NC(=O)c1cc(-c2ccccn2)c(N2CCOCC2)s1. The van der Waals surface area contributed by atoms with Crippen molar-refractivity contribution in [2.24, 2.45) is 0 Å². The summed E-state index contributed by atoms with van der Waals surface area (Å²) in [5, 5.41) is 4.18. The van der Waals surface area contributed by atoms with Gasteiger partial charge in [-0.05, 0) is 39.2 Å². The number of ether oxygens (including phenoxy) is 1. The van der Waals surface area contributed by atoms with Gasteiger partial charge in [-0.1, -0.05) is 6.07 Å². The van der Waals surface area contributed by atoms with E-state index in [1.54, 1.807) is 6.20 Å². The Labute approximate surface area is 158 Å². The number of hydrogen-bond donors (Lipinski definition) is 1. The molecule has 26 heavy (non-hydrogen) atoms. The number of pyridine rings is 1. The lowest BCUT2D eigenvalue weighted by molar-refractivity contribution is 0.0938. The van der Waals surface area contributed by atoms with Crippen LogP contribution in [0.2, 0.25) is 0 Å². The van der Waals surface area contributed by atoms with E-state index >= 15 is 0 Å². The van der Waals surface area contributed by atoms with E-state index in [1.807, 2.05) is 45.3 Å². The first kappa shape index (κ1) is 18.8. The number of nitrogens with one attached hydrogen (secondary N) is 1. The number of carbonyl (C=O) groups is 1. The summed E-state index contributed by atoms with van der Waals surface area (Å²) in [6.45, 7) is 5.91. The lowest BCUT2D eigenvalue weighted by Crippen LogP contribution is -2.39. The van der Waals surface area contributed by atoms with Crippen LogP contribution in [0.1, 0.15) is 16.6 Å². The predicted molar refractivity (Wildman–Crippen MR) is 106 cm³/mol. The van der Waals surface area contributed by atoms with Gasteiger partial charge in [0.1, 0.15) is 5.00 Å². The Morgan fingerprint density at radius 2 is 2.15 bits per heavy atom. The molecule has 1 fully saturated rings. The van der Waals surface area contributed by atoms with Crippen molar-refractivity contribution in [1.29, 1.82) is 0 Å². The second kappa shape index (κ2) is 8.62. The first-order valence-electron chi connectivity index (χ1n) is 8.88. The number of nitrogens with zero attached hydrogens (tertiary/aromatic N) is 3. The zero-order chi connectivity index (χ0) is 18.5. The van der Waals surface area contributed by atoms with Crippen molar-refractivity contribution in [2.75, 3.05) is 51.8 Å². The Kier molecular flexibility index (Phi) is 6.24. The van der Waals surface area contributed by atoms with Gasteiger partial charge in [0.25, 0.3) is 5.91 Å². The Morgan fingerprint density at radius 3 is 2.81 bits per heavy atom. The van der Waals surface area contributed by atoms with Crippen LogP contribution in [0.4, 0.5) is 5.00 Å². The molecule has 3 rings (SSSR count). The fourth-order valence-corrected chi connectivity index (χ4v) is 4.21.